The van der Waals surface area contributed by atoms with Gasteiger partial charge >= 0.3 is 0 Å². The van der Waals surface area contributed by atoms with E-state index < -0.39 is 0 Å². The van der Waals surface area contributed by atoms with Gasteiger partial charge in [0.2, 0.25) is 0 Å². The molecule has 0 aromatic heterocycles. The lowest BCUT2D eigenvalue weighted by Gasteiger charge is -2.11. The summed E-state index contributed by atoms with van der Waals surface area (Å²) >= 11 is 6.77. The van der Waals surface area contributed by atoms with Crippen LogP contribution in [0.2, 0.25) is 5.02 Å². The maximum atomic E-state index is 12.2. The van der Waals surface area contributed by atoms with Gasteiger partial charge in [0.15, 0.2) is 0 Å². The summed E-state index contributed by atoms with van der Waals surface area (Å²) in [6, 6.07) is 4.66. The molecule has 1 aliphatic heterocycles. The normalized spacial score (nSPS) is 17.0. The topological polar surface area (TPSA) is 57.6 Å². The number of unbranched alkanes of at least 4 members (excludes halogenated alkanes) is 2. The van der Waals surface area contributed by atoms with Crippen molar-refractivity contribution < 1.29 is 14.7 Å². The average molecular weight is 326 g/mol. The largest absolute Gasteiger partial charge is 0.506 e. The first kappa shape index (κ1) is 15.9. The lowest BCUT2D eigenvalue weighted by molar-refractivity contribution is -0.122. The highest BCUT2D eigenvalue weighted by Crippen LogP contribution is 2.33. The third-order valence-corrected chi connectivity index (χ3v) is 4.34. The van der Waals surface area contributed by atoms with Crippen molar-refractivity contribution in [3.05, 3.63) is 33.7 Å². The molecule has 0 atom stereocenters. The second-order valence-electron chi connectivity index (χ2n) is 4.75. The highest BCUT2D eigenvalue weighted by atomic mass is 35.5. The average Bonchev–Trinajstić information content (AvgIpc) is 2.70. The first-order valence-corrected chi connectivity index (χ1v) is 7.96. The van der Waals surface area contributed by atoms with Gasteiger partial charge in [0.25, 0.3) is 11.1 Å². The maximum absolute atomic E-state index is 12.2. The molecule has 1 heterocycles. The SMILES string of the molecule is CCCCCN1C(=O)S/C(=C\c2ccc(O)c(Cl)c2)C1=O. The molecular weight excluding hydrogens is 310 g/mol. The van der Waals surface area contributed by atoms with E-state index in [1.165, 1.54) is 11.0 Å². The molecule has 1 aliphatic rings. The molecule has 4 nitrogen and oxygen atoms in total. The Bertz CT molecular complexity index is 601. The van der Waals surface area contributed by atoms with E-state index in [4.69, 9.17) is 11.6 Å². The number of carbonyl (C=O) groups is 2. The number of nitrogens with zero attached hydrogens (tertiary/aromatic N) is 1. The number of hydrogen-bond acceptors (Lipinski definition) is 4. The first-order chi connectivity index (χ1) is 10.0. The number of hydrogen-bond donors (Lipinski definition) is 1. The van der Waals surface area contributed by atoms with Crippen LogP contribution in [0.3, 0.4) is 0 Å². The van der Waals surface area contributed by atoms with Crippen LogP contribution in [0.25, 0.3) is 6.08 Å². The molecule has 21 heavy (non-hydrogen) atoms. The van der Waals surface area contributed by atoms with Gasteiger partial charge in [0.1, 0.15) is 5.75 Å². The molecule has 1 fully saturated rings. The fourth-order valence-electron chi connectivity index (χ4n) is 1.98. The van der Waals surface area contributed by atoms with Crippen molar-refractivity contribution in [2.75, 3.05) is 6.54 Å². The number of benzene rings is 1. The minimum Gasteiger partial charge on any atom is -0.506 e. The van der Waals surface area contributed by atoms with Gasteiger partial charge < -0.3 is 5.11 Å². The second kappa shape index (κ2) is 7.00. The van der Waals surface area contributed by atoms with E-state index in [1.807, 2.05) is 0 Å². The maximum Gasteiger partial charge on any atom is 0.293 e. The fourth-order valence-corrected chi connectivity index (χ4v) is 3.03. The summed E-state index contributed by atoms with van der Waals surface area (Å²) in [6.45, 7) is 2.54. The Labute approximate surface area is 132 Å². The highest BCUT2D eigenvalue weighted by Gasteiger charge is 2.34. The standard InChI is InChI=1S/C15H16ClNO3S/c1-2-3-4-7-17-14(19)13(21-15(17)20)9-10-5-6-12(18)11(16)8-10/h5-6,8-9,18H,2-4,7H2,1H3/b13-9-. The van der Waals surface area contributed by atoms with Crippen molar-refractivity contribution in [3.8, 4) is 5.75 Å². The molecule has 1 aromatic rings. The third kappa shape index (κ3) is 3.80. The Balaban J connectivity index is 2.13. The van der Waals surface area contributed by atoms with Gasteiger partial charge in [-0.3, -0.25) is 14.5 Å². The molecule has 0 aliphatic carbocycles. The van der Waals surface area contributed by atoms with Gasteiger partial charge in [-0.05, 0) is 42.0 Å². The van der Waals surface area contributed by atoms with Crippen LogP contribution in [-0.2, 0) is 4.79 Å². The molecule has 0 spiro atoms. The summed E-state index contributed by atoms with van der Waals surface area (Å²) in [5, 5.41) is 9.36. The van der Waals surface area contributed by atoms with E-state index in [1.54, 1.807) is 18.2 Å². The van der Waals surface area contributed by atoms with E-state index in [0.717, 1.165) is 31.0 Å². The Hall–Kier alpha value is -1.46. The zero-order chi connectivity index (χ0) is 15.4. The lowest BCUT2D eigenvalue weighted by Crippen LogP contribution is -2.29. The Kier molecular flexibility index (Phi) is 5.31. The van der Waals surface area contributed by atoms with Crippen LogP contribution >= 0.6 is 23.4 Å². The minimum atomic E-state index is -0.259. The number of phenolic OH excluding ortho intramolecular Hbond substituents is 1. The molecule has 1 aromatic carbocycles. The molecule has 2 amide bonds. The summed E-state index contributed by atoms with van der Waals surface area (Å²) < 4.78 is 0. The van der Waals surface area contributed by atoms with E-state index >= 15 is 0 Å². The summed E-state index contributed by atoms with van der Waals surface area (Å²) in [4.78, 5) is 25.7. The number of halogens is 1. The van der Waals surface area contributed by atoms with Gasteiger partial charge in [-0.15, -0.1) is 0 Å². The van der Waals surface area contributed by atoms with Crippen LogP contribution in [0.1, 0.15) is 31.7 Å². The Morgan fingerprint density at radius 1 is 1.33 bits per heavy atom. The first-order valence-electron chi connectivity index (χ1n) is 6.77. The number of thioether (sulfide) groups is 1. The number of rotatable bonds is 5. The van der Waals surface area contributed by atoms with Crippen molar-refractivity contribution >= 4 is 40.6 Å². The minimum absolute atomic E-state index is 0.0125. The van der Waals surface area contributed by atoms with Crippen molar-refractivity contribution in [3.63, 3.8) is 0 Å². The molecule has 0 bridgehead atoms. The predicted molar refractivity (Wildman–Crippen MR) is 85.3 cm³/mol. The number of carbonyl (C=O) groups excluding carboxylic acids is 2. The summed E-state index contributed by atoms with van der Waals surface area (Å²) in [5.41, 5.74) is 0.678. The molecule has 6 heteroatoms. The fraction of sp³-hybridized carbons (Fsp3) is 0.333. The molecule has 112 valence electrons. The van der Waals surface area contributed by atoms with E-state index in [9.17, 15) is 14.7 Å². The third-order valence-electron chi connectivity index (χ3n) is 3.13. The van der Waals surface area contributed by atoms with Crippen LogP contribution in [0.15, 0.2) is 23.1 Å². The van der Waals surface area contributed by atoms with Crippen molar-refractivity contribution in [2.45, 2.75) is 26.2 Å². The monoisotopic (exact) mass is 325 g/mol. The highest BCUT2D eigenvalue weighted by molar-refractivity contribution is 8.18. The summed E-state index contributed by atoms with van der Waals surface area (Å²) in [6.07, 6.45) is 4.48. The molecule has 0 saturated carbocycles. The van der Waals surface area contributed by atoms with Gasteiger partial charge in [0.05, 0.1) is 9.93 Å². The van der Waals surface area contributed by atoms with Crippen LogP contribution in [-0.4, -0.2) is 27.7 Å². The van der Waals surface area contributed by atoms with Gasteiger partial charge in [0, 0.05) is 6.54 Å². The number of imide groups is 1. The number of aromatic hydroxyl groups is 1. The van der Waals surface area contributed by atoms with Crippen LogP contribution in [0.5, 0.6) is 5.75 Å². The zero-order valence-corrected chi connectivity index (χ0v) is 13.2. The molecule has 0 unspecified atom stereocenters. The zero-order valence-electron chi connectivity index (χ0n) is 11.6. The molecular formula is C15H16ClNO3S. The van der Waals surface area contributed by atoms with Crippen LogP contribution in [0, 0.1) is 0 Å². The predicted octanol–water partition coefficient (Wildman–Crippen LogP) is 4.27. The van der Waals surface area contributed by atoms with Crippen molar-refractivity contribution in [2.24, 2.45) is 0 Å². The number of amides is 2. The second-order valence-corrected chi connectivity index (χ2v) is 6.15. The van der Waals surface area contributed by atoms with Crippen molar-refractivity contribution in [1.29, 1.82) is 0 Å². The van der Waals surface area contributed by atoms with Crippen LogP contribution in [0.4, 0.5) is 4.79 Å². The molecule has 1 saturated heterocycles. The summed E-state index contributed by atoms with van der Waals surface area (Å²) in [5.74, 6) is -0.271. The quantitative estimate of drug-likeness (QED) is 0.648. The van der Waals surface area contributed by atoms with Crippen LogP contribution < -0.4 is 0 Å². The van der Waals surface area contributed by atoms with E-state index in [2.05, 4.69) is 6.92 Å². The van der Waals surface area contributed by atoms with Gasteiger partial charge in [-0.25, -0.2) is 0 Å². The smallest absolute Gasteiger partial charge is 0.293 e. The van der Waals surface area contributed by atoms with Crippen molar-refractivity contribution in [1.82, 2.24) is 4.90 Å². The lowest BCUT2D eigenvalue weighted by atomic mass is 10.2. The Morgan fingerprint density at radius 2 is 2.10 bits per heavy atom. The van der Waals surface area contributed by atoms with Gasteiger partial charge in [-0.1, -0.05) is 37.4 Å². The summed E-state index contributed by atoms with van der Waals surface area (Å²) in [7, 11) is 0. The molecule has 0 radical (unpaired) electrons. The Morgan fingerprint density at radius 3 is 2.76 bits per heavy atom. The van der Waals surface area contributed by atoms with Gasteiger partial charge in [-0.2, -0.15) is 0 Å². The molecule has 2 rings (SSSR count). The van der Waals surface area contributed by atoms with E-state index in [0.29, 0.717) is 17.0 Å². The van der Waals surface area contributed by atoms with E-state index in [-0.39, 0.29) is 21.9 Å². The number of phenols is 1. The molecule has 1 N–H and O–H groups in total.